The summed E-state index contributed by atoms with van der Waals surface area (Å²) in [5.41, 5.74) is 0.981. The zero-order valence-corrected chi connectivity index (χ0v) is 18.4. The van der Waals surface area contributed by atoms with E-state index in [-0.39, 0.29) is 18.3 Å². The summed E-state index contributed by atoms with van der Waals surface area (Å²) >= 11 is 13.1. The maximum Gasteiger partial charge on any atom is 0.230 e. The van der Waals surface area contributed by atoms with E-state index in [0.29, 0.717) is 39.9 Å². The Morgan fingerprint density at radius 3 is 2.43 bits per heavy atom. The van der Waals surface area contributed by atoms with Gasteiger partial charge >= 0.3 is 0 Å². The van der Waals surface area contributed by atoms with Crippen molar-refractivity contribution in [3.05, 3.63) is 82.6 Å². The molecule has 1 N–H and O–H groups in total. The number of halogens is 2. The molecule has 0 radical (unpaired) electrons. The summed E-state index contributed by atoms with van der Waals surface area (Å²) in [4.78, 5) is 12.2. The molecule has 3 aromatic rings. The number of allylic oxidation sites excluding steroid dienone is 1. The predicted octanol–water partition coefficient (Wildman–Crippen LogP) is 4.76. The number of thioether (sulfide) groups is 1. The molecule has 0 aliphatic carbocycles. The minimum Gasteiger partial charge on any atom is -0.486 e. The quantitative estimate of drug-likeness (QED) is 0.347. The molecule has 0 saturated carbocycles. The SMILES string of the molecule is C=CCn1c(COc2ccc(Cl)cc2)nnc1SCC(=O)NCc1ccc(Cl)cc1. The van der Waals surface area contributed by atoms with Crippen molar-refractivity contribution in [3.8, 4) is 5.75 Å². The molecule has 0 fully saturated rings. The molecule has 0 aliphatic heterocycles. The van der Waals surface area contributed by atoms with Gasteiger partial charge in [-0.3, -0.25) is 9.36 Å². The molecular weight excluding hydrogens is 443 g/mol. The maximum atomic E-state index is 12.2. The van der Waals surface area contributed by atoms with Gasteiger partial charge in [-0.25, -0.2) is 0 Å². The van der Waals surface area contributed by atoms with Crippen LogP contribution in [0.3, 0.4) is 0 Å². The molecule has 1 amide bonds. The normalized spacial score (nSPS) is 10.6. The van der Waals surface area contributed by atoms with E-state index >= 15 is 0 Å². The first kappa shape index (κ1) is 22.2. The predicted molar refractivity (Wildman–Crippen MR) is 120 cm³/mol. The Morgan fingerprint density at radius 1 is 1.10 bits per heavy atom. The lowest BCUT2D eigenvalue weighted by Gasteiger charge is -2.09. The fourth-order valence-electron chi connectivity index (χ4n) is 2.51. The summed E-state index contributed by atoms with van der Waals surface area (Å²) in [6.07, 6.45) is 1.75. The highest BCUT2D eigenvalue weighted by Crippen LogP contribution is 2.20. The molecule has 156 valence electrons. The Morgan fingerprint density at radius 2 is 1.77 bits per heavy atom. The Bertz CT molecular complexity index is 991. The molecule has 6 nitrogen and oxygen atoms in total. The number of benzene rings is 2. The summed E-state index contributed by atoms with van der Waals surface area (Å²) in [6, 6.07) is 14.4. The highest BCUT2D eigenvalue weighted by atomic mass is 35.5. The van der Waals surface area contributed by atoms with Crippen LogP contribution in [0.5, 0.6) is 5.75 Å². The largest absolute Gasteiger partial charge is 0.486 e. The number of amides is 1. The van der Waals surface area contributed by atoms with Gasteiger partial charge in [0.25, 0.3) is 0 Å². The number of carbonyl (C=O) groups is 1. The summed E-state index contributed by atoms with van der Waals surface area (Å²) < 4.78 is 7.63. The van der Waals surface area contributed by atoms with Crippen molar-refractivity contribution in [1.29, 1.82) is 0 Å². The molecule has 0 saturated heterocycles. The summed E-state index contributed by atoms with van der Waals surface area (Å²) in [5, 5.41) is 13.2. The molecular formula is C21H20Cl2N4O2S. The highest BCUT2D eigenvalue weighted by molar-refractivity contribution is 7.99. The standard InChI is InChI=1S/C21H20Cl2N4O2S/c1-2-11-27-19(13-29-18-9-7-17(23)8-10-18)25-26-21(27)30-14-20(28)24-12-15-3-5-16(22)6-4-15/h2-10H,1,11-14H2,(H,24,28). The van der Waals surface area contributed by atoms with Crippen molar-refractivity contribution in [3.63, 3.8) is 0 Å². The summed E-state index contributed by atoms with van der Waals surface area (Å²) in [5.74, 6) is 1.46. The fraction of sp³-hybridized carbons (Fsp3) is 0.190. The molecule has 3 rings (SSSR count). The average molecular weight is 463 g/mol. The van der Waals surface area contributed by atoms with Gasteiger partial charge in [-0.2, -0.15) is 0 Å². The van der Waals surface area contributed by atoms with Crippen molar-refractivity contribution < 1.29 is 9.53 Å². The molecule has 0 aliphatic rings. The van der Waals surface area contributed by atoms with E-state index in [2.05, 4.69) is 22.1 Å². The molecule has 1 heterocycles. The van der Waals surface area contributed by atoms with Gasteiger partial charge in [0, 0.05) is 23.1 Å². The monoisotopic (exact) mass is 462 g/mol. The Balaban J connectivity index is 1.54. The third-order valence-corrected chi connectivity index (χ3v) is 5.49. The van der Waals surface area contributed by atoms with Gasteiger partial charge in [-0.05, 0) is 42.0 Å². The van der Waals surface area contributed by atoms with Crippen molar-refractivity contribution in [1.82, 2.24) is 20.1 Å². The van der Waals surface area contributed by atoms with Crippen molar-refractivity contribution >= 4 is 40.9 Å². The van der Waals surface area contributed by atoms with E-state index in [9.17, 15) is 4.79 Å². The summed E-state index contributed by atoms with van der Waals surface area (Å²) in [6.45, 7) is 4.98. The average Bonchev–Trinajstić information content (AvgIpc) is 3.13. The van der Waals surface area contributed by atoms with E-state index in [4.69, 9.17) is 27.9 Å². The first-order valence-corrected chi connectivity index (χ1v) is 10.8. The van der Waals surface area contributed by atoms with Crippen LogP contribution in [0, 0.1) is 0 Å². The van der Waals surface area contributed by atoms with Gasteiger partial charge in [-0.15, -0.1) is 16.8 Å². The van der Waals surface area contributed by atoms with Crippen LogP contribution < -0.4 is 10.1 Å². The first-order valence-electron chi connectivity index (χ1n) is 9.10. The lowest BCUT2D eigenvalue weighted by atomic mass is 10.2. The zero-order valence-electron chi connectivity index (χ0n) is 16.1. The number of nitrogens with zero attached hydrogens (tertiary/aromatic N) is 3. The van der Waals surface area contributed by atoms with Crippen LogP contribution in [0.15, 0.2) is 66.3 Å². The number of rotatable bonds is 10. The van der Waals surface area contributed by atoms with Gasteiger partial charge < -0.3 is 10.1 Å². The van der Waals surface area contributed by atoms with E-state index in [1.165, 1.54) is 11.8 Å². The fourth-order valence-corrected chi connectivity index (χ4v) is 3.56. The molecule has 0 spiro atoms. The third-order valence-electron chi connectivity index (χ3n) is 4.02. The Hall–Kier alpha value is -2.48. The van der Waals surface area contributed by atoms with Gasteiger partial charge in [0.1, 0.15) is 12.4 Å². The number of carbonyl (C=O) groups excluding carboxylic acids is 1. The molecule has 1 aromatic heterocycles. The minimum atomic E-state index is -0.0953. The van der Waals surface area contributed by atoms with E-state index < -0.39 is 0 Å². The highest BCUT2D eigenvalue weighted by Gasteiger charge is 2.14. The van der Waals surface area contributed by atoms with E-state index in [1.807, 2.05) is 16.7 Å². The van der Waals surface area contributed by atoms with Gasteiger partial charge in [0.15, 0.2) is 11.0 Å². The first-order chi connectivity index (χ1) is 14.5. The molecule has 0 unspecified atom stereocenters. The van der Waals surface area contributed by atoms with Crippen LogP contribution in [0.25, 0.3) is 0 Å². The van der Waals surface area contributed by atoms with Crippen LogP contribution >= 0.6 is 35.0 Å². The van der Waals surface area contributed by atoms with Crippen molar-refractivity contribution in [2.45, 2.75) is 24.9 Å². The number of aromatic nitrogens is 3. The summed E-state index contributed by atoms with van der Waals surface area (Å²) in [7, 11) is 0. The van der Waals surface area contributed by atoms with Gasteiger partial charge in [-0.1, -0.05) is 53.2 Å². The topological polar surface area (TPSA) is 69.0 Å². The second kappa shape index (κ2) is 11.1. The second-order valence-electron chi connectivity index (χ2n) is 6.23. The van der Waals surface area contributed by atoms with Crippen LogP contribution in [0.4, 0.5) is 0 Å². The van der Waals surface area contributed by atoms with Crippen molar-refractivity contribution in [2.24, 2.45) is 0 Å². The number of hydrogen-bond acceptors (Lipinski definition) is 5. The van der Waals surface area contributed by atoms with Crippen LogP contribution in [-0.2, 0) is 24.5 Å². The molecule has 30 heavy (non-hydrogen) atoms. The van der Waals surface area contributed by atoms with Crippen molar-refractivity contribution in [2.75, 3.05) is 5.75 Å². The van der Waals surface area contributed by atoms with Crippen LogP contribution in [0.1, 0.15) is 11.4 Å². The number of hydrogen-bond donors (Lipinski definition) is 1. The third kappa shape index (κ3) is 6.52. The maximum absolute atomic E-state index is 12.2. The lowest BCUT2D eigenvalue weighted by Crippen LogP contribution is -2.24. The smallest absolute Gasteiger partial charge is 0.230 e. The molecule has 9 heteroatoms. The Labute approximate surface area is 189 Å². The molecule has 0 bridgehead atoms. The molecule has 0 atom stereocenters. The van der Waals surface area contributed by atoms with Gasteiger partial charge in [0.05, 0.1) is 5.75 Å². The van der Waals surface area contributed by atoms with E-state index in [0.717, 1.165) is 5.56 Å². The van der Waals surface area contributed by atoms with Gasteiger partial charge in [0.2, 0.25) is 5.91 Å². The lowest BCUT2D eigenvalue weighted by molar-refractivity contribution is -0.118. The molecule has 2 aromatic carbocycles. The Kier molecular flexibility index (Phi) is 8.19. The number of ether oxygens (including phenoxy) is 1. The number of nitrogens with one attached hydrogen (secondary N) is 1. The van der Waals surface area contributed by atoms with Crippen LogP contribution in [0.2, 0.25) is 10.0 Å². The zero-order chi connectivity index (χ0) is 21.3. The van der Waals surface area contributed by atoms with Crippen LogP contribution in [-0.4, -0.2) is 26.4 Å². The van der Waals surface area contributed by atoms with E-state index in [1.54, 1.807) is 42.5 Å². The minimum absolute atomic E-state index is 0.0953. The second-order valence-corrected chi connectivity index (χ2v) is 8.05.